The van der Waals surface area contributed by atoms with Crippen LogP contribution in [0.25, 0.3) is 0 Å². The van der Waals surface area contributed by atoms with Crippen LogP contribution in [0.15, 0.2) is 48.5 Å². The lowest BCUT2D eigenvalue weighted by atomic mass is 9.98. The third-order valence-electron chi connectivity index (χ3n) is 5.04. The van der Waals surface area contributed by atoms with Gasteiger partial charge in [0, 0.05) is 30.9 Å². The van der Waals surface area contributed by atoms with E-state index in [0.717, 1.165) is 18.7 Å². The minimum Gasteiger partial charge on any atom is -0.448 e. The summed E-state index contributed by atoms with van der Waals surface area (Å²) in [4.78, 5) is 26.9. The molecule has 0 aliphatic carbocycles. The fraction of sp³-hybridized carbons (Fsp3) is 0.333. The first kappa shape index (κ1) is 16.6. The highest BCUT2D eigenvalue weighted by atomic mass is 16.5. The SMILES string of the molecule is O=C1OC(C(=O)Nc2ccc(N3CCCCC3)cc2)Cc2ccccc21. The smallest absolute Gasteiger partial charge is 0.339 e. The van der Waals surface area contributed by atoms with Crippen LogP contribution in [0.3, 0.4) is 0 Å². The van der Waals surface area contributed by atoms with Crippen molar-refractivity contribution in [1.29, 1.82) is 0 Å². The highest BCUT2D eigenvalue weighted by molar-refractivity contribution is 6.00. The Balaban J connectivity index is 1.41. The number of rotatable bonds is 3. The van der Waals surface area contributed by atoms with Crippen molar-refractivity contribution in [3.8, 4) is 0 Å². The van der Waals surface area contributed by atoms with Crippen LogP contribution in [-0.2, 0) is 16.0 Å². The zero-order chi connectivity index (χ0) is 17.9. The van der Waals surface area contributed by atoms with Gasteiger partial charge in [-0.05, 0) is 55.2 Å². The molecule has 1 fully saturated rings. The molecule has 0 saturated carbocycles. The first-order valence-corrected chi connectivity index (χ1v) is 9.15. The van der Waals surface area contributed by atoms with Crippen molar-refractivity contribution in [1.82, 2.24) is 0 Å². The number of amides is 1. The van der Waals surface area contributed by atoms with E-state index < -0.39 is 12.1 Å². The van der Waals surface area contributed by atoms with E-state index in [1.54, 1.807) is 12.1 Å². The van der Waals surface area contributed by atoms with E-state index >= 15 is 0 Å². The quantitative estimate of drug-likeness (QED) is 0.862. The lowest BCUT2D eigenvalue weighted by Crippen LogP contribution is -2.38. The molecule has 26 heavy (non-hydrogen) atoms. The molecule has 0 aromatic heterocycles. The monoisotopic (exact) mass is 350 g/mol. The zero-order valence-corrected chi connectivity index (χ0v) is 14.6. The molecule has 5 heteroatoms. The third-order valence-corrected chi connectivity index (χ3v) is 5.04. The molecule has 1 unspecified atom stereocenters. The van der Waals surface area contributed by atoms with Crippen molar-refractivity contribution < 1.29 is 14.3 Å². The minimum absolute atomic E-state index is 0.293. The molecule has 0 spiro atoms. The van der Waals surface area contributed by atoms with Gasteiger partial charge in [0.05, 0.1) is 5.56 Å². The molecule has 0 bridgehead atoms. The molecular formula is C21H22N2O3. The van der Waals surface area contributed by atoms with Crippen molar-refractivity contribution in [3.05, 3.63) is 59.7 Å². The van der Waals surface area contributed by atoms with E-state index in [4.69, 9.17) is 4.74 Å². The first-order valence-electron chi connectivity index (χ1n) is 9.15. The summed E-state index contributed by atoms with van der Waals surface area (Å²) in [6, 6.07) is 15.1. The van der Waals surface area contributed by atoms with Gasteiger partial charge in [0.15, 0.2) is 6.10 Å². The number of benzene rings is 2. The van der Waals surface area contributed by atoms with Crippen LogP contribution in [-0.4, -0.2) is 31.1 Å². The number of carbonyl (C=O) groups excluding carboxylic acids is 2. The number of fused-ring (bicyclic) bond motifs is 1. The van der Waals surface area contributed by atoms with Gasteiger partial charge in [0.25, 0.3) is 5.91 Å². The number of hydrogen-bond acceptors (Lipinski definition) is 4. The fourth-order valence-corrected chi connectivity index (χ4v) is 3.61. The van der Waals surface area contributed by atoms with Gasteiger partial charge in [-0.3, -0.25) is 4.79 Å². The van der Waals surface area contributed by atoms with E-state index in [1.165, 1.54) is 24.9 Å². The Hall–Kier alpha value is -2.82. The molecular weight excluding hydrogens is 328 g/mol. The van der Waals surface area contributed by atoms with Gasteiger partial charge >= 0.3 is 5.97 Å². The maximum absolute atomic E-state index is 12.5. The average Bonchev–Trinajstić information content (AvgIpc) is 2.69. The highest BCUT2D eigenvalue weighted by Crippen LogP contribution is 2.24. The van der Waals surface area contributed by atoms with Gasteiger partial charge in [-0.25, -0.2) is 4.79 Å². The molecule has 0 radical (unpaired) electrons. The summed E-state index contributed by atoms with van der Waals surface area (Å²) in [6.07, 6.45) is 3.37. The number of carbonyl (C=O) groups is 2. The summed E-state index contributed by atoms with van der Waals surface area (Å²) in [6.45, 7) is 2.17. The Bertz CT molecular complexity index is 810. The second-order valence-electron chi connectivity index (χ2n) is 6.84. The second-order valence-corrected chi connectivity index (χ2v) is 6.84. The van der Waals surface area contributed by atoms with Gasteiger partial charge in [0.2, 0.25) is 0 Å². The van der Waals surface area contributed by atoms with Gasteiger partial charge in [-0.1, -0.05) is 18.2 Å². The topological polar surface area (TPSA) is 58.6 Å². The third kappa shape index (κ3) is 3.43. The molecule has 2 aliphatic rings. The molecule has 5 nitrogen and oxygen atoms in total. The number of piperidine rings is 1. The normalized spacial score (nSPS) is 19.5. The molecule has 1 amide bonds. The molecule has 2 aromatic rings. The highest BCUT2D eigenvalue weighted by Gasteiger charge is 2.31. The summed E-state index contributed by atoms with van der Waals surface area (Å²) in [5.74, 6) is -0.731. The predicted octanol–water partition coefficient (Wildman–Crippen LogP) is 3.40. The van der Waals surface area contributed by atoms with Crippen LogP contribution in [0.1, 0.15) is 35.2 Å². The maximum atomic E-state index is 12.5. The van der Waals surface area contributed by atoms with Crippen LogP contribution < -0.4 is 10.2 Å². The van der Waals surface area contributed by atoms with Crippen molar-refractivity contribution >= 4 is 23.3 Å². The van der Waals surface area contributed by atoms with Crippen molar-refractivity contribution in [2.24, 2.45) is 0 Å². The summed E-state index contributed by atoms with van der Waals surface area (Å²) < 4.78 is 5.31. The number of cyclic esters (lactones) is 1. The maximum Gasteiger partial charge on any atom is 0.339 e. The second kappa shape index (κ2) is 7.20. The molecule has 2 heterocycles. The van der Waals surface area contributed by atoms with E-state index in [9.17, 15) is 9.59 Å². The number of nitrogens with one attached hydrogen (secondary N) is 1. The summed E-state index contributed by atoms with van der Waals surface area (Å²) in [5, 5.41) is 2.86. The Morgan fingerprint density at radius 3 is 2.50 bits per heavy atom. The van der Waals surface area contributed by atoms with Crippen molar-refractivity contribution in [2.75, 3.05) is 23.3 Å². The number of esters is 1. The number of anilines is 2. The Morgan fingerprint density at radius 2 is 1.73 bits per heavy atom. The molecule has 1 saturated heterocycles. The largest absolute Gasteiger partial charge is 0.448 e. The minimum atomic E-state index is -0.792. The Kier molecular flexibility index (Phi) is 4.61. The van der Waals surface area contributed by atoms with Crippen molar-refractivity contribution in [3.63, 3.8) is 0 Å². The predicted molar refractivity (Wildman–Crippen MR) is 100 cm³/mol. The zero-order valence-electron chi connectivity index (χ0n) is 14.6. The molecule has 134 valence electrons. The van der Waals surface area contributed by atoms with Gasteiger partial charge in [-0.2, -0.15) is 0 Å². The van der Waals surface area contributed by atoms with E-state index in [1.807, 2.05) is 36.4 Å². The summed E-state index contributed by atoms with van der Waals surface area (Å²) in [5.41, 5.74) is 3.29. The molecule has 2 aromatic carbocycles. The van der Waals surface area contributed by atoms with Crippen LogP contribution in [0, 0.1) is 0 Å². The number of nitrogens with zero attached hydrogens (tertiary/aromatic N) is 1. The summed E-state index contributed by atoms with van der Waals surface area (Å²) in [7, 11) is 0. The van der Waals surface area contributed by atoms with Crippen LogP contribution >= 0.6 is 0 Å². The lowest BCUT2D eigenvalue weighted by Gasteiger charge is -2.29. The van der Waals surface area contributed by atoms with E-state index in [2.05, 4.69) is 10.2 Å². The Labute approximate surface area is 153 Å². The summed E-state index contributed by atoms with van der Waals surface area (Å²) >= 11 is 0. The van der Waals surface area contributed by atoms with Gasteiger partial charge < -0.3 is 15.0 Å². The molecule has 1 atom stereocenters. The van der Waals surface area contributed by atoms with Crippen LogP contribution in [0.4, 0.5) is 11.4 Å². The van der Waals surface area contributed by atoms with E-state index in [0.29, 0.717) is 17.7 Å². The van der Waals surface area contributed by atoms with Gasteiger partial charge in [0.1, 0.15) is 0 Å². The van der Waals surface area contributed by atoms with Crippen LogP contribution in [0.5, 0.6) is 0 Å². The average molecular weight is 350 g/mol. The van der Waals surface area contributed by atoms with Gasteiger partial charge in [-0.15, -0.1) is 0 Å². The molecule has 1 N–H and O–H groups in total. The number of ether oxygens (including phenoxy) is 1. The molecule has 4 rings (SSSR count). The number of hydrogen-bond donors (Lipinski definition) is 1. The standard InChI is InChI=1S/C21H22N2O3/c24-20(19-14-15-6-2-3-7-18(15)21(25)26-19)22-16-8-10-17(11-9-16)23-12-4-1-5-13-23/h2-3,6-11,19H,1,4-5,12-14H2,(H,22,24). The van der Waals surface area contributed by atoms with Crippen molar-refractivity contribution in [2.45, 2.75) is 31.8 Å². The molecule has 2 aliphatic heterocycles. The lowest BCUT2D eigenvalue weighted by molar-refractivity contribution is -0.125. The van der Waals surface area contributed by atoms with Crippen LogP contribution in [0.2, 0.25) is 0 Å². The Morgan fingerprint density at radius 1 is 1.00 bits per heavy atom. The first-order chi connectivity index (χ1) is 12.7. The fourth-order valence-electron chi connectivity index (χ4n) is 3.61. The van der Waals surface area contributed by atoms with E-state index in [-0.39, 0.29) is 5.91 Å².